The zero-order chi connectivity index (χ0) is 23.3. The maximum atomic E-state index is 11.8. The van der Waals surface area contributed by atoms with Crippen LogP contribution < -0.4 is 0 Å². The van der Waals surface area contributed by atoms with Crippen LogP contribution in [0.2, 0.25) is 0 Å². The molecule has 0 unspecified atom stereocenters. The summed E-state index contributed by atoms with van der Waals surface area (Å²) in [7, 11) is 0. The fourth-order valence-electron chi connectivity index (χ4n) is 3.52. The van der Waals surface area contributed by atoms with Crippen molar-refractivity contribution in [2.45, 2.75) is 13.1 Å². The predicted molar refractivity (Wildman–Crippen MR) is 126 cm³/mol. The summed E-state index contributed by atoms with van der Waals surface area (Å²) in [5.74, 6) is 0.569. The van der Waals surface area contributed by atoms with Crippen LogP contribution in [0.15, 0.2) is 107 Å². The van der Waals surface area contributed by atoms with Crippen molar-refractivity contribution in [1.29, 1.82) is 0 Å². The molecule has 0 amide bonds. The molecular formula is C26H20N4O4. The molecule has 0 saturated heterocycles. The van der Waals surface area contributed by atoms with E-state index in [1.165, 1.54) is 12.5 Å². The van der Waals surface area contributed by atoms with Crippen molar-refractivity contribution in [3.63, 3.8) is 0 Å². The second-order valence-electron chi connectivity index (χ2n) is 7.57. The molecule has 0 radical (unpaired) electrons. The van der Waals surface area contributed by atoms with E-state index in [4.69, 9.17) is 8.83 Å². The molecule has 8 nitrogen and oxygen atoms in total. The molecule has 168 valence electrons. The monoisotopic (exact) mass is 452 g/mol. The topological polar surface area (TPSA) is 96.1 Å². The maximum Gasteiger partial charge on any atom is 0.219 e. The molecule has 34 heavy (non-hydrogen) atoms. The molecule has 6 aromatic rings. The van der Waals surface area contributed by atoms with Crippen LogP contribution in [0, 0.1) is 0 Å². The fraction of sp³-hybridized carbons (Fsp3) is 0.0769. The molecule has 8 heteroatoms. The van der Waals surface area contributed by atoms with Gasteiger partial charge in [0.2, 0.25) is 11.6 Å². The van der Waals surface area contributed by atoms with Crippen molar-refractivity contribution < 1.29 is 18.4 Å². The molecule has 2 aromatic carbocycles. The Kier molecular flexibility index (Phi) is 5.85. The zero-order valence-corrected chi connectivity index (χ0v) is 18.1. The Hall–Kier alpha value is -4.72. The number of benzene rings is 2. The van der Waals surface area contributed by atoms with E-state index in [0.717, 1.165) is 21.8 Å². The van der Waals surface area contributed by atoms with Gasteiger partial charge in [0.25, 0.3) is 0 Å². The third-order valence-corrected chi connectivity index (χ3v) is 5.13. The number of hydrogen-bond donors (Lipinski definition) is 0. The van der Waals surface area contributed by atoms with E-state index >= 15 is 0 Å². The van der Waals surface area contributed by atoms with Crippen LogP contribution in [0.25, 0.3) is 21.8 Å². The number of hydrogen-bond acceptors (Lipinski definition) is 6. The summed E-state index contributed by atoms with van der Waals surface area (Å²) in [6.45, 7) is 0.393. The summed E-state index contributed by atoms with van der Waals surface area (Å²) < 4.78 is 13.4. The van der Waals surface area contributed by atoms with Gasteiger partial charge in [0.05, 0.1) is 23.6 Å². The molecule has 0 aliphatic heterocycles. The summed E-state index contributed by atoms with van der Waals surface area (Å²) in [6.07, 6.45) is 6.70. The van der Waals surface area contributed by atoms with E-state index in [2.05, 4.69) is 10.2 Å². The quantitative estimate of drug-likeness (QED) is 0.329. The fourth-order valence-corrected chi connectivity index (χ4v) is 3.52. The number of aromatic nitrogens is 4. The van der Waals surface area contributed by atoms with Gasteiger partial charge >= 0.3 is 0 Å². The van der Waals surface area contributed by atoms with E-state index < -0.39 is 0 Å². The van der Waals surface area contributed by atoms with Gasteiger partial charge in [0.15, 0.2) is 11.5 Å². The van der Waals surface area contributed by atoms with Crippen molar-refractivity contribution in [3.8, 4) is 0 Å². The highest BCUT2D eigenvalue weighted by molar-refractivity contribution is 5.94. The first-order chi connectivity index (χ1) is 16.7. The second-order valence-corrected chi connectivity index (χ2v) is 7.57. The number of carbonyl (C=O) groups excluding carboxylic acids is 2. The first-order valence-electron chi connectivity index (χ1n) is 10.6. The van der Waals surface area contributed by atoms with Crippen LogP contribution >= 0.6 is 0 Å². The molecule has 0 saturated carbocycles. The Morgan fingerprint density at radius 2 is 1.06 bits per heavy atom. The number of nitrogens with zero attached hydrogens (tertiary/aromatic N) is 4. The largest absolute Gasteiger partial charge is 0.461 e. The molecular weight excluding hydrogens is 432 g/mol. The minimum absolute atomic E-state index is 0.0807. The molecule has 0 fully saturated rings. The number of rotatable bonds is 6. The minimum Gasteiger partial charge on any atom is -0.461 e. The lowest BCUT2D eigenvalue weighted by Crippen LogP contribution is -2.09. The smallest absolute Gasteiger partial charge is 0.219 e. The van der Waals surface area contributed by atoms with Crippen LogP contribution in [-0.2, 0) is 13.1 Å². The van der Waals surface area contributed by atoms with Crippen molar-refractivity contribution in [1.82, 2.24) is 19.6 Å². The third-order valence-electron chi connectivity index (χ3n) is 5.13. The maximum absolute atomic E-state index is 11.8. The number of furan rings is 2. The van der Waals surface area contributed by atoms with Crippen LogP contribution in [0.4, 0.5) is 0 Å². The van der Waals surface area contributed by atoms with Crippen molar-refractivity contribution in [3.05, 3.63) is 109 Å². The van der Waals surface area contributed by atoms with Gasteiger partial charge in [0.1, 0.15) is 13.1 Å². The zero-order valence-electron chi connectivity index (χ0n) is 18.1. The number of fused-ring (bicyclic) bond motifs is 2. The summed E-state index contributed by atoms with van der Waals surface area (Å²) in [5.41, 5.74) is 1.78. The van der Waals surface area contributed by atoms with E-state index in [-0.39, 0.29) is 24.7 Å². The SMILES string of the molecule is O=C(Cn1cc2ccccc2n1)c1ccco1.O=C(Cn1cc2ccccc2n1)c1ccco1. The lowest BCUT2D eigenvalue weighted by atomic mass is 10.3. The van der Waals surface area contributed by atoms with Crippen LogP contribution in [0.1, 0.15) is 21.1 Å². The van der Waals surface area contributed by atoms with Crippen LogP contribution in [-0.4, -0.2) is 31.1 Å². The highest BCUT2D eigenvalue weighted by atomic mass is 16.3. The standard InChI is InChI=1S/2C13H10N2O2/c2*16-12(13-6-3-7-17-13)9-15-8-10-4-1-2-5-11(10)14-15/h2*1-8H,9H2. The molecule has 0 aliphatic rings. The first kappa shape index (κ1) is 21.1. The summed E-state index contributed by atoms with van der Waals surface area (Å²) in [5, 5.41) is 10.7. The Bertz CT molecular complexity index is 1360. The van der Waals surface area contributed by atoms with Gasteiger partial charge in [0, 0.05) is 23.2 Å². The average Bonchev–Trinajstić information content (AvgIpc) is 3.65. The van der Waals surface area contributed by atoms with Crippen molar-refractivity contribution >= 4 is 33.4 Å². The van der Waals surface area contributed by atoms with E-state index in [1.54, 1.807) is 33.6 Å². The summed E-state index contributed by atoms with van der Waals surface area (Å²) in [6, 6.07) is 22.2. The lowest BCUT2D eigenvalue weighted by Gasteiger charge is -1.97. The number of Topliss-reactive ketones (excluding diaryl/α,β-unsaturated/α-hetero) is 2. The highest BCUT2D eigenvalue weighted by Crippen LogP contribution is 2.13. The Morgan fingerprint density at radius 3 is 1.44 bits per heavy atom. The Balaban J connectivity index is 0.000000142. The first-order valence-corrected chi connectivity index (χ1v) is 10.6. The third kappa shape index (κ3) is 4.71. The Labute approximate surface area is 194 Å². The molecule has 0 atom stereocenters. The van der Waals surface area contributed by atoms with Gasteiger partial charge in [-0.15, -0.1) is 0 Å². The second kappa shape index (κ2) is 9.41. The average molecular weight is 452 g/mol. The van der Waals surface area contributed by atoms with Gasteiger partial charge in [-0.05, 0) is 36.4 Å². The molecule has 6 rings (SSSR count). The summed E-state index contributed by atoms with van der Waals surface area (Å²) >= 11 is 0. The summed E-state index contributed by atoms with van der Waals surface area (Å²) in [4.78, 5) is 23.6. The molecule has 4 heterocycles. The molecule has 4 aromatic heterocycles. The minimum atomic E-state index is -0.0807. The number of carbonyl (C=O) groups is 2. The highest BCUT2D eigenvalue weighted by Gasteiger charge is 2.11. The molecule has 0 aliphatic carbocycles. The molecule has 0 N–H and O–H groups in total. The molecule has 0 spiro atoms. The van der Waals surface area contributed by atoms with Gasteiger partial charge in [-0.1, -0.05) is 36.4 Å². The lowest BCUT2D eigenvalue weighted by molar-refractivity contribution is 0.0933. The van der Waals surface area contributed by atoms with Crippen molar-refractivity contribution in [2.24, 2.45) is 0 Å². The van der Waals surface area contributed by atoms with Gasteiger partial charge < -0.3 is 8.83 Å². The predicted octanol–water partition coefficient (Wildman–Crippen LogP) is 5.02. The van der Waals surface area contributed by atoms with E-state index in [0.29, 0.717) is 11.5 Å². The van der Waals surface area contributed by atoms with Gasteiger partial charge in [-0.2, -0.15) is 10.2 Å². The normalized spacial score (nSPS) is 10.8. The van der Waals surface area contributed by atoms with Gasteiger partial charge in [-0.3, -0.25) is 19.0 Å². The number of ketones is 2. The van der Waals surface area contributed by atoms with Gasteiger partial charge in [-0.25, -0.2) is 0 Å². The van der Waals surface area contributed by atoms with Crippen molar-refractivity contribution in [2.75, 3.05) is 0 Å². The van der Waals surface area contributed by atoms with E-state index in [1.807, 2.05) is 60.9 Å². The Morgan fingerprint density at radius 1 is 0.618 bits per heavy atom. The van der Waals surface area contributed by atoms with Crippen LogP contribution in [0.5, 0.6) is 0 Å². The van der Waals surface area contributed by atoms with Crippen LogP contribution in [0.3, 0.4) is 0 Å². The van der Waals surface area contributed by atoms with E-state index in [9.17, 15) is 9.59 Å². The molecule has 0 bridgehead atoms.